The Hall–Kier alpha value is -0.130. The molecule has 0 heterocycles. The maximum atomic E-state index is 10.5. The van der Waals surface area contributed by atoms with Crippen molar-refractivity contribution in [2.75, 3.05) is 13.2 Å². The van der Waals surface area contributed by atoms with E-state index in [-0.39, 0.29) is 6.61 Å². The minimum absolute atomic E-state index is 0.00682. The molecule has 0 aliphatic rings. The first-order valence-corrected chi connectivity index (χ1v) is 7.32. The molecule has 0 radical (unpaired) electrons. The number of aliphatic hydroxyl groups is 1. The van der Waals surface area contributed by atoms with Crippen molar-refractivity contribution in [2.24, 2.45) is 0 Å². The topological polar surface area (TPSA) is 40.5 Å². The van der Waals surface area contributed by atoms with Crippen LogP contribution in [0.3, 0.4) is 0 Å². The maximum Gasteiger partial charge on any atom is 0.213 e. The number of amides is 1. The van der Waals surface area contributed by atoms with Crippen LogP contribution in [0.25, 0.3) is 0 Å². The zero-order valence-corrected chi connectivity index (χ0v) is 10.9. The monoisotopic (exact) mass is 249 g/mol. The number of hydrogen-bond donors (Lipinski definition) is 1. The molecular formula is C10H19NO2S2. The van der Waals surface area contributed by atoms with Crippen LogP contribution in [0.5, 0.6) is 0 Å². The van der Waals surface area contributed by atoms with E-state index in [1.54, 1.807) is 27.8 Å². The highest BCUT2D eigenvalue weighted by atomic mass is 33.1. The molecule has 0 aliphatic carbocycles. The average molecular weight is 249 g/mol. The van der Waals surface area contributed by atoms with Crippen molar-refractivity contribution < 1.29 is 9.90 Å². The summed E-state index contributed by atoms with van der Waals surface area (Å²) >= 11 is 0. The van der Waals surface area contributed by atoms with Gasteiger partial charge in [0.1, 0.15) is 0 Å². The predicted molar refractivity (Wildman–Crippen MR) is 68.5 cm³/mol. The Kier molecular flexibility index (Phi) is 10.3. The molecule has 0 fully saturated rings. The van der Waals surface area contributed by atoms with Crippen LogP contribution in [0.15, 0.2) is 11.6 Å². The minimum atomic E-state index is -0.00682. The van der Waals surface area contributed by atoms with E-state index in [2.05, 4.69) is 13.8 Å². The van der Waals surface area contributed by atoms with Gasteiger partial charge in [-0.25, -0.2) is 0 Å². The molecule has 1 unspecified atom stereocenters. The smallest absolute Gasteiger partial charge is 0.213 e. The molecule has 0 aromatic rings. The van der Waals surface area contributed by atoms with E-state index < -0.39 is 0 Å². The summed E-state index contributed by atoms with van der Waals surface area (Å²) in [5.74, 6) is 0. The van der Waals surface area contributed by atoms with E-state index in [9.17, 15) is 4.79 Å². The second-order valence-corrected chi connectivity index (χ2v) is 5.76. The van der Waals surface area contributed by atoms with Gasteiger partial charge in [0.15, 0.2) is 0 Å². The quantitative estimate of drug-likeness (QED) is 0.503. The van der Waals surface area contributed by atoms with Crippen molar-refractivity contribution in [3.05, 3.63) is 11.6 Å². The summed E-state index contributed by atoms with van der Waals surface area (Å²) in [6.07, 6.45) is 4.82. The van der Waals surface area contributed by atoms with Gasteiger partial charge in [0.25, 0.3) is 0 Å². The minimum Gasteiger partial charge on any atom is -0.395 e. The highest BCUT2D eigenvalue weighted by molar-refractivity contribution is 8.78. The molecule has 1 atom stereocenters. The Morgan fingerprint density at radius 2 is 2.27 bits per heavy atom. The molecule has 15 heavy (non-hydrogen) atoms. The molecule has 5 heteroatoms. The summed E-state index contributed by atoms with van der Waals surface area (Å²) in [5.41, 5.74) is 0. The summed E-state index contributed by atoms with van der Waals surface area (Å²) in [6.45, 7) is 4.72. The Labute approximate surface area is 99.7 Å². The molecule has 0 spiro atoms. The van der Waals surface area contributed by atoms with Crippen molar-refractivity contribution in [1.82, 2.24) is 4.90 Å². The molecule has 0 saturated heterocycles. The van der Waals surface area contributed by atoms with Crippen LogP contribution in [-0.4, -0.2) is 34.8 Å². The van der Waals surface area contributed by atoms with Crippen LogP contribution in [0.1, 0.15) is 26.7 Å². The van der Waals surface area contributed by atoms with E-state index in [1.807, 2.05) is 5.41 Å². The molecule has 0 aliphatic heterocycles. The first-order chi connectivity index (χ1) is 7.24. The van der Waals surface area contributed by atoms with Crippen LogP contribution >= 0.6 is 21.6 Å². The standard InChI is InChI=1S/C10H19NO2S2/c1-3-4-10(2)15-14-8-6-11(9-13)5-7-12/h6,8-10,12H,3-5,7H2,1-2H3/b8-6+. The number of rotatable bonds is 9. The summed E-state index contributed by atoms with van der Waals surface area (Å²) in [6, 6.07) is 0. The largest absolute Gasteiger partial charge is 0.395 e. The number of carbonyl (C=O) groups is 1. The number of carbonyl (C=O) groups excluding carboxylic acids is 1. The van der Waals surface area contributed by atoms with Crippen LogP contribution in [0.4, 0.5) is 0 Å². The summed E-state index contributed by atoms with van der Waals surface area (Å²) in [7, 11) is 3.42. The van der Waals surface area contributed by atoms with Gasteiger partial charge in [0, 0.05) is 18.0 Å². The fourth-order valence-electron chi connectivity index (χ4n) is 0.962. The fraction of sp³-hybridized carbons (Fsp3) is 0.700. The Morgan fingerprint density at radius 1 is 1.53 bits per heavy atom. The fourth-order valence-corrected chi connectivity index (χ4v) is 2.95. The van der Waals surface area contributed by atoms with Gasteiger partial charge in [-0.05, 0) is 11.8 Å². The van der Waals surface area contributed by atoms with Gasteiger partial charge in [-0.15, -0.1) is 0 Å². The zero-order chi connectivity index (χ0) is 11.5. The molecule has 0 bridgehead atoms. The van der Waals surface area contributed by atoms with Gasteiger partial charge in [0.05, 0.1) is 6.61 Å². The van der Waals surface area contributed by atoms with Gasteiger partial charge in [-0.3, -0.25) is 4.79 Å². The lowest BCUT2D eigenvalue weighted by molar-refractivity contribution is -0.116. The van der Waals surface area contributed by atoms with Gasteiger partial charge >= 0.3 is 0 Å². The van der Waals surface area contributed by atoms with Gasteiger partial charge in [-0.1, -0.05) is 41.9 Å². The maximum absolute atomic E-state index is 10.5. The Bertz CT molecular complexity index is 188. The van der Waals surface area contributed by atoms with Crippen LogP contribution < -0.4 is 0 Å². The third kappa shape index (κ3) is 8.84. The lowest BCUT2D eigenvalue weighted by atomic mass is 10.3. The highest BCUT2D eigenvalue weighted by Crippen LogP contribution is 2.29. The van der Waals surface area contributed by atoms with Crippen LogP contribution in [0, 0.1) is 0 Å². The van der Waals surface area contributed by atoms with Crippen molar-refractivity contribution in [3.63, 3.8) is 0 Å². The van der Waals surface area contributed by atoms with Gasteiger partial charge in [0.2, 0.25) is 6.41 Å². The van der Waals surface area contributed by atoms with E-state index in [1.165, 1.54) is 17.7 Å². The average Bonchev–Trinajstić information content (AvgIpc) is 2.23. The van der Waals surface area contributed by atoms with Crippen molar-refractivity contribution >= 4 is 28.0 Å². The molecule has 0 aromatic heterocycles. The van der Waals surface area contributed by atoms with E-state index in [4.69, 9.17) is 5.11 Å². The number of nitrogens with zero attached hydrogens (tertiary/aromatic N) is 1. The van der Waals surface area contributed by atoms with E-state index >= 15 is 0 Å². The van der Waals surface area contributed by atoms with Crippen molar-refractivity contribution in [2.45, 2.75) is 31.9 Å². The zero-order valence-electron chi connectivity index (χ0n) is 9.26. The highest BCUT2D eigenvalue weighted by Gasteiger charge is 1.99. The lowest BCUT2D eigenvalue weighted by Gasteiger charge is -2.09. The molecular weight excluding hydrogens is 230 g/mol. The second-order valence-electron chi connectivity index (χ2n) is 3.14. The first kappa shape index (κ1) is 14.9. The molecule has 0 aromatic carbocycles. The van der Waals surface area contributed by atoms with E-state index in [0.29, 0.717) is 18.2 Å². The Morgan fingerprint density at radius 3 is 2.80 bits per heavy atom. The third-order valence-corrected chi connectivity index (χ3v) is 4.28. The molecule has 88 valence electrons. The second kappa shape index (κ2) is 10.4. The van der Waals surface area contributed by atoms with E-state index in [0.717, 1.165) is 0 Å². The molecule has 1 amide bonds. The predicted octanol–water partition coefficient (Wildman–Crippen LogP) is 2.48. The number of aliphatic hydroxyl groups excluding tert-OH is 1. The van der Waals surface area contributed by atoms with Crippen molar-refractivity contribution in [1.29, 1.82) is 0 Å². The third-order valence-electron chi connectivity index (χ3n) is 1.72. The normalized spacial score (nSPS) is 13.0. The molecule has 1 N–H and O–H groups in total. The van der Waals surface area contributed by atoms with Crippen LogP contribution in [-0.2, 0) is 4.79 Å². The first-order valence-electron chi connectivity index (χ1n) is 5.05. The van der Waals surface area contributed by atoms with Gasteiger partial charge < -0.3 is 10.0 Å². The molecule has 0 rings (SSSR count). The summed E-state index contributed by atoms with van der Waals surface area (Å²) in [4.78, 5) is 11.9. The lowest BCUT2D eigenvalue weighted by Crippen LogP contribution is -2.18. The van der Waals surface area contributed by atoms with Crippen molar-refractivity contribution in [3.8, 4) is 0 Å². The Balaban J connectivity index is 3.63. The summed E-state index contributed by atoms with van der Waals surface area (Å²) < 4.78 is 0. The molecule has 3 nitrogen and oxygen atoms in total. The molecule has 0 saturated carbocycles. The van der Waals surface area contributed by atoms with Crippen LogP contribution in [0.2, 0.25) is 0 Å². The number of hydrogen-bond acceptors (Lipinski definition) is 4. The summed E-state index contributed by atoms with van der Waals surface area (Å²) in [5, 5.41) is 11.1. The van der Waals surface area contributed by atoms with Gasteiger partial charge in [-0.2, -0.15) is 0 Å². The SMILES string of the molecule is CCCC(C)SS/C=C/N(C=O)CCO.